The highest BCUT2D eigenvalue weighted by Crippen LogP contribution is 2.41. The number of aryl methyl sites for hydroxylation is 2. The lowest BCUT2D eigenvalue weighted by atomic mass is 9.97. The number of ether oxygens (including phenoxy) is 1. The van der Waals surface area contributed by atoms with Gasteiger partial charge in [0.25, 0.3) is 0 Å². The third-order valence-corrected chi connectivity index (χ3v) is 6.53. The molecule has 0 aliphatic heterocycles. The standard InChI is InChI=1S/C28H31N3O2/c1-5-31(6-2)12-14-32-21-15-20-11-13-33-28(20)23(16-21)24-17-29(3)18-25(24)26-19-30(4)27-10-8-7-9-22(26)27/h7-11,13,15-19H,5-6,12,14H2,1-4H3. The fourth-order valence-electron chi connectivity index (χ4n) is 4.74. The first kappa shape index (κ1) is 21.4. The molecule has 170 valence electrons. The Labute approximate surface area is 194 Å². The minimum atomic E-state index is 0.662. The molecule has 0 fully saturated rings. The molecular formula is C28H31N3O2. The zero-order chi connectivity index (χ0) is 22.9. The fourth-order valence-corrected chi connectivity index (χ4v) is 4.74. The summed E-state index contributed by atoms with van der Waals surface area (Å²) in [5.74, 6) is 0.874. The van der Waals surface area contributed by atoms with Crippen molar-refractivity contribution in [2.45, 2.75) is 13.8 Å². The van der Waals surface area contributed by atoms with Crippen molar-refractivity contribution >= 4 is 21.9 Å². The first-order valence-corrected chi connectivity index (χ1v) is 11.7. The summed E-state index contributed by atoms with van der Waals surface area (Å²) >= 11 is 0. The predicted molar refractivity (Wildman–Crippen MR) is 136 cm³/mol. The highest BCUT2D eigenvalue weighted by molar-refractivity contribution is 6.04. The van der Waals surface area contributed by atoms with Crippen LogP contribution < -0.4 is 4.74 Å². The van der Waals surface area contributed by atoms with Gasteiger partial charge in [-0.05, 0) is 37.4 Å². The maximum absolute atomic E-state index is 6.21. The Morgan fingerprint density at radius 2 is 1.64 bits per heavy atom. The first-order chi connectivity index (χ1) is 16.1. The summed E-state index contributed by atoms with van der Waals surface area (Å²) in [5.41, 5.74) is 6.71. The van der Waals surface area contributed by atoms with E-state index < -0.39 is 0 Å². The molecule has 0 amide bonds. The molecule has 5 rings (SSSR count). The number of nitrogens with zero attached hydrogens (tertiary/aromatic N) is 3. The van der Waals surface area contributed by atoms with Crippen LogP contribution in [0.2, 0.25) is 0 Å². The Bertz CT molecular complexity index is 1400. The van der Waals surface area contributed by atoms with Crippen molar-refractivity contribution in [2.75, 3.05) is 26.2 Å². The van der Waals surface area contributed by atoms with Gasteiger partial charge in [-0.15, -0.1) is 0 Å². The maximum Gasteiger partial charge on any atom is 0.142 e. The lowest BCUT2D eigenvalue weighted by Crippen LogP contribution is -2.27. The van der Waals surface area contributed by atoms with Crippen LogP contribution in [0.3, 0.4) is 0 Å². The van der Waals surface area contributed by atoms with Gasteiger partial charge in [0, 0.05) is 77.8 Å². The quantitative estimate of drug-likeness (QED) is 0.283. The average Bonchev–Trinajstić information content (AvgIpc) is 3.53. The van der Waals surface area contributed by atoms with Gasteiger partial charge in [0.2, 0.25) is 0 Å². The molecule has 3 heterocycles. The molecule has 0 unspecified atom stereocenters. The molecule has 5 nitrogen and oxygen atoms in total. The van der Waals surface area contributed by atoms with Crippen LogP contribution in [-0.2, 0) is 14.1 Å². The Morgan fingerprint density at radius 3 is 2.42 bits per heavy atom. The van der Waals surface area contributed by atoms with E-state index in [2.05, 4.69) is 97.0 Å². The molecule has 0 radical (unpaired) electrons. The molecule has 0 atom stereocenters. The topological polar surface area (TPSA) is 35.5 Å². The van der Waals surface area contributed by atoms with E-state index in [0.29, 0.717) is 6.61 Å². The van der Waals surface area contributed by atoms with Crippen molar-refractivity contribution in [3.05, 3.63) is 67.3 Å². The Balaban J connectivity index is 1.59. The van der Waals surface area contributed by atoms with Gasteiger partial charge in [-0.2, -0.15) is 0 Å². The van der Waals surface area contributed by atoms with Gasteiger partial charge in [0.15, 0.2) is 0 Å². The van der Waals surface area contributed by atoms with Gasteiger partial charge in [-0.3, -0.25) is 0 Å². The number of likely N-dealkylation sites (N-methyl/N-ethyl adjacent to an activating group) is 1. The SMILES string of the molecule is CCN(CC)CCOc1cc(-c2cn(C)cc2-c2cn(C)c3ccccc23)c2occc2c1. The van der Waals surface area contributed by atoms with Crippen molar-refractivity contribution in [3.63, 3.8) is 0 Å². The van der Waals surface area contributed by atoms with Crippen molar-refractivity contribution in [1.29, 1.82) is 0 Å². The minimum Gasteiger partial charge on any atom is -0.492 e. The van der Waals surface area contributed by atoms with E-state index in [-0.39, 0.29) is 0 Å². The van der Waals surface area contributed by atoms with Crippen LogP contribution in [0.5, 0.6) is 5.75 Å². The second kappa shape index (κ2) is 8.83. The summed E-state index contributed by atoms with van der Waals surface area (Å²) in [4.78, 5) is 2.37. The molecule has 0 N–H and O–H groups in total. The second-order valence-electron chi connectivity index (χ2n) is 8.61. The molecule has 0 bridgehead atoms. The summed E-state index contributed by atoms with van der Waals surface area (Å²) in [7, 11) is 4.17. The van der Waals surface area contributed by atoms with Gasteiger partial charge in [0.1, 0.15) is 17.9 Å². The second-order valence-corrected chi connectivity index (χ2v) is 8.61. The van der Waals surface area contributed by atoms with Gasteiger partial charge in [0.05, 0.1) is 6.26 Å². The monoisotopic (exact) mass is 441 g/mol. The van der Waals surface area contributed by atoms with E-state index in [1.165, 1.54) is 22.0 Å². The molecule has 0 saturated carbocycles. The van der Waals surface area contributed by atoms with E-state index in [4.69, 9.17) is 9.15 Å². The highest BCUT2D eigenvalue weighted by Gasteiger charge is 2.19. The molecule has 5 aromatic rings. The number of furan rings is 1. The normalized spacial score (nSPS) is 11.8. The molecule has 5 heteroatoms. The Morgan fingerprint density at radius 1 is 0.879 bits per heavy atom. The molecular weight excluding hydrogens is 410 g/mol. The molecule has 0 aliphatic carbocycles. The largest absolute Gasteiger partial charge is 0.492 e. The van der Waals surface area contributed by atoms with Gasteiger partial charge in [-0.25, -0.2) is 0 Å². The van der Waals surface area contributed by atoms with Crippen LogP contribution in [0.15, 0.2) is 71.7 Å². The van der Waals surface area contributed by atoms with Crippen LogP contribution in [-0.4, -0.2) is 40.3 Å². The number of benzene rings is 2. The van der Waals surface area contributed by atoms with Crippen LogP contribution in [0.25, 0.3) is 44.1 Å². The van der Waals surface area contributed by atoms with E-state index in [0.717, 1.165) is 47.5 Å². The van der Waals surface area contributed by atoms with Gasteiger partial charge in [-0.1, -0.05) is 32.0 Å². The van der Waals surface area contributed by atoms with E-state index in [1.54, 1.807) is 6.26 Å². The zero-order valence-electron chi connectivity index (χ0n) is 19.8. The summed E-state index contributed by atoms with van der Waals surface area (Å²) in [6.45, 7) is 8.01. The van der Waals surface area contributed by atoms with Crippen molar-refractivity contribution < 1.29 is 9.15 Å². The third kappa shape index (κ3) is 3.93. The third-order valence-electron chi connectivity index (χ3n) is 6.53. The number of fused-ring (bicyclic) bond motifs is 2. The minimum absolute atomic E-state index is 0.662. The highest BCUT2D eigenvalue weighted by atomic mass is 16.5. The van der Waals surface area contributed by atoms with Gasteiger partial charge >= 0.3 is 0 Å². The first-order valence-electron chi connectivity index (χ1n) is 11.7. The number of para-hydroxylation sites is 1. The Kier molecular flexibility index (Phi) is 5.73. The van der Waals surface area contributed by atoms with Crippen molar-refractivity contribution in [2.24, 2.45) is 14.1 Å². The van der Waals surface area contributed by atoms with E-state index >= 15 is 0 Å². The Hall–Kier alpha value is -3.44. The summed E-state index contributed by atoms with van der Waals surface area (Å²) in [5, 5.41) is 2.30. The summed E-state index contributed by atoms with van der Waals surface area (Å²) in [6.07, 6.45) is 8.34. The number of rotatable bonds is 8. The predicted octanol–water partition coefficient (Wildman–Crippen LogP) is 6.32. The van der Waals surface area contributed by atoms with E-state index in [1.807, 2.05) is 6.07 Å². The van der Waals surface area contributed by atoms with Crippen molar-refractivity contribution in [3.8, 4) is 28.0 Å². The zero-order valence-corrected chi connectivity index (χ0v) is 19.8. The van der Waals surface area contributed by atoms with Crippen LogP contribution in [0, 0.1) is 0 Å². The van der Waals surface area contributed by atoms with Crippen LogP contribution >= 0.6 is 0 Å². The summed E-state index contributed by atoms with van der Waals surface area (Å²) < 4.78 is 16.5. The molecule has 0 spiro atoms. The number of hydrogen-bond donors (Lipinski definition) is 0. The maximum atomic E-state index is 6.21. The lowest BCUT2D eigenvalue weighted by molar-refractivity contribution is 0.223. The molecule has 0 saturated heterocycles. The molecule has 3 aromatic heterocycles. The average molecular weight is 442 g/mol. The summed E-state index contributed by atoms with van der Waals surface area (Å²) in [6, 6.07) is 14.7. The fraction of sp³-hybridized carbons (Fsp3) is 0.286. The van der Waals surface area contributed by atoms with E-state index in [9.17, 15) is 0 Å². The lowest BCUT2D eigenvalue weighted by Gasteiger charge is -2.18. The molecule has 33 heavy (non-hydrogen) atoms. The number of aromatic nitrogens is 2. The van der Waals surface area contributed by atoms with Crippen molar-refractivity contribution in [1.82, 2.24) is 14.0 Å². The smallest absolute Gasteiger partial charge is 0.142 e. The molecule has 0 aliphatic rings. The number of hydrogen-bond acceptors (Lipinski definition) is 3. The van der Waals surface area contributed by atoms with Crippen LogP contribution in [0.4, 0.5) is 0 Å². The van der Waals surface area contributed by atoms with Crippen LogP contribution in [0.1, 0.15) is 13.8 Å². The molecule has 2 aromatic carbocycles. The van der Waals surface area contributed by atoms with Gasteiger partial charge < -0.3 is 23.2 Å².